The average Bonchev–Trinajstić information content (AvgIpc) is 2.70. The normalized spacial score (nSPS) is 11.4. The zero-order valence-corrected chi connectivity index (χ0v) is 17.1. The summed E-state index contributed by atoms with van der Waals surface area (Å²) >= 11 is 0. The molecule has 0 aliphatic heterocycles. The lowest BCUT2D eigenvalue weighted by molar-refractivity contribution is -0.139. The van der Waals surface area contributed by atoms with Crippen LogP contribution in [-0.4, -0.2) is 11.0 Å². The van der Waals surface area contributed by atoms with Crippen LogP contribution in [0.2, 0.25) is 0 Å². The molecule has 0 N–H and O–H groups in total. The highest BCUT2D eigenvalue weighted by Gasteiger charge is 1.98. The average molecular weight is 372 g/mol. The Labute approximate surface area is 165 Å². The van der Waals surface area contributed by atoms with Crippen LogP contribution in [0.15, 0.2) is 48.7 Å². The highest BCUT2D eigenvalue weighted by molar-refractivity contribution is 5.81. The molecule has 1 heterocycles. The Morgan fingerprint density at radius 1 is 0.926 bits per heavy atom. The third kappa shape index (κ3) is 14.9. The summed E-state index contributed by atoms with van der Waals surface area (Å²) in [5.41, 5.74) is 0.760. The zero-order valence-electron chi connectivity index (χ0n) is 17.1. The maximum atomic E-state index is 11.6. The molecule has 3 heteroatoms. The molecule has 0 unspecified atom stereocenters. The maximum Gasteiger partial charge on any atom is 0.330 e. The molecule has 0 saturated carbocycles. The number of unbranched alkanes of at least 4 members (excludes halogenated alkanes) is 10. The van der Waals surface area contributed by atoms with E-state index in [2.05, 4.69) is 24.1 Å². The van der Waals surface area contributed by atoms with Gasteiger partial charge in [-0.15, -0.1) is 0 Å². The van der Waals surface area contributed by atoms with E-state index in [0.717, 1.165) is 18.5 Å². The van der Waals surface area contributed by atoms with Gasteiger partial charge in [-0.1, -0.05) is 89.0 Å². The van der Waals surface area contributed by atoms with Gasteiger partial charge in [-0.3, -0.25) is 4.98 Å². The summed E-state index contributed by atoms with van der Waals surface area (Å²) in [6.07, 6.45) is 25.0. The van der Waals surface area contributed by atoms with Gasteiger partial charge in [0.15, 0.2) is 0 Å². The van der Waals surface area contributed by atoms with Crippen molar-refractivity contribution in [3.05, 3.63) is 54.4 Å². The molecular formula is C24H37NO2. The number of nitrogens with zero attached hydrogens (tertiary/aromatic N) is 1. The van der Waals surface area contributed by atoms with E-state index in [0.29, 0.717) is 0 Å². The predicted molar refractivity (Wildman–Crippen MR) is 113 cm³/mol. The van der Waals surface area contributed by atoms with E-state index in [4.69, 9.17) is 4.74 Å². The minimum absolute atomic E-state index is 0.221. The first-order chi connectivity index (χ1) is 13.3. The first-order valence-corrected chi connectivity index (χ1v) is 10.7. The number of hydrogen-bond acceptors (Lipinski definition) is 3. The zero-order chi connectivity index (χ0) is 19.4. The van der Waals surface area contributed by atoms with E-state index in [1.165, 1.54) is 70.3 Å². The summed E-state index contributed by atoms with van der Waals surface area (Å²) in [5.74, 6) is -0.316. The van der Waals surface area contributed by atoms with Gasteiger partial charge in [0.1, 0.15) is 6.61 Å². The summed E-state index contributed by atoms with van der Waals surface area (Å²) in [6.45, 7) is 2.49. The van der Waals surface area contributed by atoms with Crippen molar-refractivity contribution in [3.8, 4) is 0 Å². The number of allylic oxidation sites excluding steroid dienone is 3. The van der Waals surface area contributed by atoms with Gasteiger partial charge in [-0.05, 0) is 31.4 Å². The number of aromatic nitrogens is 1. The van der Waals surface area contributed by atoms with Gasteiger partial charge in [-0.25, -0.2) is 4.79 Å². The first kappa shape index (κ1) is 23.1. The van der Waals surface area contributed by atoms with Crippen LogP contribution in [0.4, 0.5) is 0 Å². The van der Waals surface area contributed by atoms with Crippen molar-refractivity contribution in [1.29, 1.82) is 0 Å². The van der Waals surface area contributed by atoms with E-state index < -0.39 is 0 Å². The van der Waals surface area contributed by atoms with E-state index in [-0.39, 0.29) is 12.6 Å². The minimum atomic E-state index is -0.316. The standard InChI is InChI=1S/C24H37NO2/c1-2-3-4-5-6-7-8-9-10-11-12-13-14-15-16-20-24(26)27-22-23-19-17-18-21-25-23/h13-14,16-21H,2-12,15,22H2,1H3. The first-order valence-electron chi connectivity index (χ1n) is 10.7. The fourth-order valence-corrected chi connectivity index (χ4v) is 2.88. The molecule has 0 saturated heterocycles. The highest BCUT2D eigenvalue weighted by atomic mass is 16.5. The number of hydrogen-bond donors (Lipinski definition) is 0. The minimum Gasteiger partial charge on any atom is -0.456 e. The van der Waals surface area contributed by atoms with E-state index >= 15 is 0 Å². The molecule has 150 valence electrons. The molecule has 1 aromatic heterocycles. The molecule has 0 aromatic carbocycles. The van der Waals surface area contributed by atoms with E-state index in [1.54, 1.807) is 6.20 Å². The summed E-state index contributed by atoms with van der Waals surface area (Å²) in [5, 5.41) is 0. The van der Waals surface area contributed by atoms with Crippen LogP contribution in [0.25, 0.3) is 0 Å². The molecule has 0 radical (unpaired) electrons. The van der Waals surface area contributed by atoms with Crippen molar-refractivity contribution in [2.24, 2.45) is 0 Å². The summed E-state index contributed by atoms with van der Waals surface area (Å²) < 4.78 is 5.13. The van der Waals surface area contributed by atoms with E-state index in [1.807, 2.05) is 24.3 Å². The third-order valence-corrected chi connectivity index (χ3v) is 4.51. The molecule has 0 spiro atoms. The Hall–Kier alpha value is -1.90. The van der Waals surface area contributed by atoms with E-state index in [9.17, 15) is 4.79 Å². The van der Waals surface area contributed by atoms with Crippen molar-refractivity contribution in [1.82, 2.24) is 4.98 Å². The van der Waals surface area contributed by atoms with Crippen LogP contribution in [0.1, 0.15) is 89.7 Å². The van der Waals surface area contributed by atoms with Crippen molar-refractivity contribution >= 4 is 5.97 Å². The molecule has 27 heavy (non-hydrogen) atoms. The number of pyridine rings is 1. The van der Waals surface area contributed by atoms with Crippen LogP contribution < -0.4 is 0 Å². The lowest BCUT2D eigenvalue weighted by atomic mass is 10.1. The maximum absolute atomic E-state index is 11.6. The fraction of sp³-hybridized carbons (Fsp3) is 0.583. The molecule has 0 fully saturated rings. The lowest BCUT2D eigenvalue weighted by Crippen LogP contribution is -2.01. The number of carbonyl (C=O) groups is 1. The molecular weight excluding hydrogens is 334 g/mol. The Kier molecular flexibility index (Phi) is 15.0. The fourth-order valence-electron chi connectivity index (χ4n) is 2.88. The van der Waals surface area contributed by atoms with Gasteiger partial charge in [0.05, 0.1) is 5.69 Å². The molecule has 0 atom stereocenters. The molecule has 1 rings (SSSR count). The topological polar surface area (TPSA) is 39.2 Å². The van der Waals surface area contributed by atoms with Gasteiger partial charge in [0.2, 0.25) is 0 Å². The van der Waals surface area contributed by atoms with Crippen LogP contribution >= 0.6 is 0 Å². The summed E-state index contributed by atoms with van der Waals surface area (Å²) in [4.78, 5) is 15.7. The van der Waals surface area contributed by atoms with Crippen molar-refractivity contribution < 1.29 is 9.53 Å². The van der Waals surface area contributed by atoms with Gasteiger partial charge in [0, 0.05) is 12.3 Å². The quantitative estimate of drug-likeness (QED) is 0.137. The number of rotatable bonds is 16. The van der Waals surface area contributed by atoms with Crippen LogP contribution in [-0.2, 0) is 16.1 Å². The highest BCUT2D eigenvalue weighted by Crippen LogP contribution is 2.11. The van der Waals surface area contributed by atoms with Crippen LogP contribution in [0, 0.1) is 0 Å². The number of esters is 1. The molecule has 0 aliphatic rings. The summed E-state index contributed by atoms with van der Waals surface area (Å²) in [6, 6.07) is 5.56. The number of carbonyl (C=O) groups excluding carboxylic acids is 1. The second kappa shape index (κ2) is 17.5. The Balaban J connectivity index is 1.89. The van der Waals surface area contributed by atoms with Crippen molar-refractivity contribution in [2.75, 3.05) is 0 Å². The van der Waals surface area contributed by atoms with Gasteiger partial charge < -0.3 is 4.74 Å². The Morgan fingerprint density at radius 3 is 2.30 bits per heavy atom. The molecule has 0 bridgehead atoms. The van der Waals surface area contributed by atoms with Crippen LogP contribution in [0.5, 0.6) is 0 Å². The molecule has 3 nitrogen and oxygen atoms in total. The van der Waals surface area contributed by atoms with Gasteiger partial charge >= 0.3 is 5.97 Å². The number of ether oxygens (including phenoxy) is 1. The smallest absolute Gasteiger partial charge is 0.330 e. The van der Waals surface area contributed by atoms with Gasteiger partial charge in [-0.2, -0.15) is 0 Å². The Bertz CT molecular complexity index is 522. The lowest BCUT2D eigenvalue weighted by Gasteiger charge is -2.01. The molecule has 0 amide bonds. The van der Waals surface area contributed by atoms with Gasteiger partial charge in [0.25, 0.3) is 0 Å². The summed E-state index contributed by atoms with van der Waals surface area (Å²) in [7, 11) is 0. The third-order valence-electron chi connectivity index (χ3n) is 4.51. The monoisotopic (exact) mass is 371 g/mol. The van der Waals surface area contributed by atoms with Crippen molar-refractivity contribution in [3.63, 3.8) is 0 Å². The SMILES string of the molecule is CCCCCCCCCCCCC=CCC=CC(=O)OCc1ccccn1. The second-order valence-corrected chi connectivity index (χ2v) is 7.01. The molecule has 1 aromatic rings. The molecule has 0 aliphatic carbocycles. The van der Waals surface area contributed by atoms with Crippen LogP contribution in [0.3, 0.4) is 0 Å². The Morgan fingerprint density at radius 2 is 1.63 bits per heavy atom. The largest absolute Gasteiger partial charge is 0.456 e. The predicted octanol–water partition coefficient (Wildman–Crippen LogP) is 6.94. The van der Waals surface area contributed by atoms with Crippen molar-refractivity contribution in [2.45, 2.75) is 90.6 Å². The second-order valence-electron chi connectivity index (χ2n) is 7.01.